The van der Waals surface area contributed by atoms with Crippen molar-refractivity contribution >= 4 is 11.4 Å². The molecule has 3 nitrogen and oxygen atoms in total. The van der Waals surface area contributed by atoms with E-state index in [1.165, 1.54) is 16.7 Å². The number of aromatic nitrogens is 1. The van der Waals surface area contributed by atoms with Gasteiger partial charge in [0, 0.05) is 24.4 Å². The Bertz CT molecular complexity index is 554. The molecular weight excluding hydrogens is 234 g/mol. The van der Waals surface area contributed by atoms with Crippen LogP contribution in [0.2, 0.25) is 0 Å². The van der Waals surface area contributed by atoms with E-state index in [9.17, 15) is 0 Å². The fourth-order valence-electron chi connectivity index (χ4n) is 2.15. The first-order valence-corrected chi connectivity index (χ1v) is 6.64. The second kappa shape index (κ2) is 5.00. The third-order valence-corrected chi connectivity index (χ3v) is 3.77. The fourth-order valence-corrected chi connectivity index (χ4v) is 2.15. The molecule has 2 rings (SSSR count). The highest BCUT2D eigenvalue weighted by atomic mass is 14.9. The quantitative estimate of drug-likeness (QED) is 0.733. The number of nitrogen functional groups attached to an aromatic ring is 1. The maximum absolute atomic E-state index is 6.07. The molecule has 0 radical (unpaired) electrons. The van der Waals surface area contributed by atoms with Crippen molar-refractivity contribution in [3.8, 4) is 0 Å². The number of H-pyrrole nitrogens is 1. The Kier molecular flexibility index (Phi) is 3.56. The standard InChI is InChI=1S/C16H23N3/c1-11-7-14(17)15(8-12(11)2)19-10-16(3,4)13-5-6-18-9-13/h5-9,18-19H,10,17H2,1-4H3. The van der Waals surface area contributed by atoms with Crippen LogP contribution >= 0.6 is 0 Å². The molecule has 1 heterocycles. The van der Waals surface area contributed by atoms with Gasteiger partial charge in [-0.25, -0.2) is 0 Å². The van der Waals surface area contributed by atoms with Crippen molar-refractivity contribution in [3.63, 3.8) is 0 Å². The van der Waals surface area contributed by atoms with E-state index in [1.54, 1.807) is 0 Å². The van der Waals surface area contributed by atoms with Crippen molar-refractivity contribution in [1.82, 2.24) is 4.98 Å². The number of aromatic amines is 1. The molecule has 19 heavy (non-hydrogen) atoms. The van der Waals surface area contributed by atoms with Gasteiger partial charge in [-0.1, -0.05) is 13.8 Å². The molecule has 0 amide bonds. The Morgan fingerprint density at radius 3 is 2.53 bits per heavy atom. The average Bonchev–Trinajstić information content (AvgIpc) is 2.86. The molecule has 1 aromatic heterocycles. The number of rotatable bonds is 4. The molecule has 0 aliphatic carbocycles. The lowest BCUT2D eigenvalue weighted by molar-refractivity contribution is 0.558. The second-order valence-corrected chi connectivity index (χ2v) is 5.86. The summed E-state index contributed by atoms with van der Waals surface area (Å²) in [4.78, 5) is 3.11. The number of anilines is 2. The number of nitrogens with one attached hydrogen (secondary N) is 2. The van der Waals surface area contributed by atoms with Gasteiger partial charge in [-0.15, -0.1) is 0 Å². The molecule has 0 aliphatic rings. The maximum atomic E-state index is 6.07. The number of hydrogen-bond donors (Lipinski definition) is 3. The Morgan fingerprint density at radius 2 is 1.89 bits per heavy atom. The number of nitrogens with two attached hydrogens (primary N) is 1. The van der Waals surface area contributed by atoms with Crippen LogP contribution in [0, 0.1) is 13.8 Å². The molecule has 2 aromatic rings. The van der Waals surface area contributed by atoms with Crippen LogP contribution in [0.5, 0.6) is 0 Å². The van der Waals surface area contributed by atoms with Crippen LogP contribution in [0.3, 0.4) is 0 Å². The van der Waals surface area contributed by atoms with Gasteiger partial charge < -0.3 is 16.0 Å². The summed E-state index contributed by atoms with van der Waals surface area (Å²) >= 11 is 0. The maximum Gasteiger partial charge on any atom is 0.0577 e. The second-order valence-electron chi connectivity index (χ2n) is 5.86. The van der Waals surface area contributed by atoms with Gasteiger partial charge in [0.2, 0.25) is 0 Å². The van der Waals surface area contributed by atoms with E-state index < -0.39 is 0 Å². The first kappa shape index (κ1) is 13.5. The van der Waals surface area contributed by atoms with Crippen molar-refractivity contribution in [2.24, 2.45) is 0 Å². The minimum Gasteiger partial charge on any atom is -0.397 e. The molecule has 0 fully saturated rings. The van der Waals surface area contributed by atoms with Crippen molar-refractivity contribution in [2.75, 3.05) is 17.6 Å². The van der Waals surface area contributed by atoms with Crippen molar-refractivity contribution in [2.45, 2.75) is 33.1 Å². The van der Waals surface area contributed by atoms with Gasteiger partial charge in [0.05, 0.1) is 11.4 Å². The van der Waals surface area contributed by atoms with Gasteiger partial charge in [-0.3, -0.25) is 0 Å². The zero-order chi connectivity index (χ0) is 14.0. The van der Waals surface area contributed by atoms with Crippen molar-refractivity contribution < 1.29 is 0 Å². The summed E-state index contributed by atoms with van der Waals surface area (Å²) in [5.41, 5.74) is 11.7. The highest BCUT2D eigenvalue weighted by molar-refractivity contribution is 5.68. The molecule has 0 saturated carbocycles. The summed E-state index contributed by atoms with van der Waals surface area (Å²) in [7, 11) is 0. The van der Waals surface area contributed by atoms with Gasteiger partial charge in [0.15, 0.2) is 0 Å². The SMILES string of the molecule is Cc1cc(N)c(NCC(C)(C)c2cc[nH]c2)cc1C. The largest absolute Gasteiger partial charge is 0.397 e. The highest BCUT2D eigenvalue weighted by Gasteiger charge is 2.21. The first-order chi connectivity index (χ1) is 8.90. The molecule has 1 aromatic carbocycles. The molecule has 0 spiro atoms. The van der Waals surface area contributed by atoms with Crippen LogP contribution < -0.4 is 11.1 Å². The first-order valence-electron chi connectivity index (χ1n) is 6.64. The molecule has 102 valence electrons. The van der Waals surface area contributed by atoms with Crippen LogP contribution in [0.15, 0.2) is 30.6 Å². The summed E-state index contributed by atoms with van der Waals surface area (Å²) in [5, 5.41) is 3.47. The fraction of sp³-hybridized carbons (Fsp3) is 0.375. The average molecular weight is 257 g/mol. The van der Waals surface area contributed by atoms with Crippen LogP contribution in [0.4, 0.5) is 11.4 Å². The summed E-state index contributed by atoms with van der Waals surface area (Å²) in [6.07, 6.45) is 4.01. The van der Waals surface area contributed by atoms with E-state index in [-0.39, 0.29) is 5.41 Å². The molecule has 0 saturated heterocycles. The lowest BCUT2D eigenvalue weighted by atomic mass is 9.86. The third-order valence-electron chi connectivity index (χ3n) is 3.77. The lowest BCUT2D eigenvalue weighted by Gasteiger charge is -2.25. The van der Waals surface area contributed by atoms with Crippen molar-refractivity contribution in [1.29, 1.82) is 0 Å². The number of aryl methyl sites for hydroxylation is 2. The summed E-state index contributed by atoms with van der Waals surface area (Å²) < 4.78 is 0. The topological polar surface area (TPSA) is 53.8 Å². The lowest BCUT2D eigenvalue weighted by Crippen LogP contribution is -2.27. The third kappa shape index (κ3) is 2.92. The Labute approximate surface area is 115 Å². The van der Waals surface area contributed by atoms with Gasteiger partial charge in [-0.05, 0) is 48.7 Å². The summed E-state index contributed by atoms with van der Waals surface area (Å²) in [6, 6.07) is 6.27. The van der Waals surface area contributed by atoms with Crippen LogP contribution in [0.1, 0.15) is 30.5 Å². The highest BCUT2D eigenvalue weighted by Crippen LogP contribution is 2.27. The normalized spacial score (nSPS) is 11.6. The Balaban J connectivity index is 2.13. The van der Waals surface area contributed by atoms with Crippen molar-refractivity contribution in [3.05, 3.63) is 47.3 Å². The van der Waals surface area contributed by atoms with E-state index in [1.807, 2.05) is 18.5 Å². The molecule has 0 atom stereocenters. The van der Waals surface area contributed by atoms with Gasteiger partial charge in [-0.2, -0.15) is 0 Å². The molecular formula is C16H23N3. The van der Waals surface area contributed by atoms with E-state index >= 15 is 0 Å². The molecule has 0 unspecified atom stereocenters. The molecule has 0 aliphatic heterocycles. The van der Waals surface area contributed by atoms with Gasteiger partial charge >= 0.3 is 0 Å². The van der Waals surface area contributed by atoms with Gasteiger partial charge in [0.1, 0.15) is 0 Å². The Hall–Kier alpha value is -1.90. The summed E-state index contributed by atoms with van der Waals surface area (Å²) in [6.45, 7) is 9.48. The predicted molar refractivity (Wildman–Crippen MR) is 82.6 cm³/mol. The molecule has 4 N–H and O–H groups in total. The van der Waals surface area contributed by atoms with Crippen LogP contribution in [-0.2, 0) is 5.41 Å². The van der Waals surface area contributed by atoms with E-state index in [0.717, 1.165) is 17.9 Å². The zero-order valence-electron chi connectivity index (χ0n) is 12.2. The van der Waals surface area contributed by atoms with E-state index in [4.69, 9.17) is 5.73 Å². The smallest absolute Gasteiger partial charge is 0.0577 e. The van der Waals surface area contributed by atoms with Crippen LogP contribution in [-0.4, -0.2) is 11.5 Å². The monoisotopic (exact) mass is 257 g/mol. The molecule has 3 heteroatoms. The van der Waals surface area contributed by atoms with Crippen LogP contribution in [0.25, 0.3) is 0 Å². The molecule has 0 bridgehead atoms. The Morgan fingerprint density at radius 1 is 1.21 bits per heavy atom. The summed E-state index contributed by atoms with van der Waals surface area (Å²) in [5.74, 6) is 0. The zero-order valence-corrected chi connectivity index (χ0v) is 12.2. The predicted octanol–water partition coefficient (Wildman–Crippen LogP) is 3.60. The minimum atomic E-state index is 0.0607. The van der Waals surface area contributed by atoms with E-state index in [0.29, 0.717) is 0 Å². The number of hydrogen-bond acceptors (Lipinski definition) is 2. The van der Waals surface area contributed by atoms with Gasteiger partial charge in [0.25, 0.3) is 0 Å². The van der Waals surface area contributed by atoms with E-state index in [2.05, 4.69) is 50.1 Å². The number of benzene rings is 1. The minimum absolute atomic E-state index is 0.0607.